The topological polar surface area (TPSA) is 37.0 Å². The molecular weight excluding hydrogens is 246 g/mol. The second-order valence-electron chi connectivity index (χ2n) is 5.31. The van der Waals surface area contributed by atoms with Crippen molar-refractivity contribution < 1.29 is 0 Å². The highest BCUT2D eigenvalue weighted by Gasteiger charge is 2.18. The van der Waals surface area contributed by atoms with Crippen LogP contribution < -0.4 is 10.6 Å². The maximum absolute atomic E-state index is 4.58. The van der Waals surface area contributed by atoms with Gasteiger partial charge in [-0.3, -0.25) is 0 Å². The Morgan fingerprint density at radius 1 is 1.25 bits per heavy atom. The smallest absolute Gasteiger partial charge is 0.129 e. The van der Waals surface area contributed by atoms with Crippen molar-refractivity contribution >= 4 is 5.82 Å². The van der Waals surface area contributed by atoms with E-state index in [2.05, 4.69) is 52.0 Å². The van der Waals surface area contributed by atoms with Crippen LogP contribution in [0, 0.1) is 0 Å². The molecule has 0 unspecified atom stereocenters. The lowest BCUT2D eigenvalue weighted by Crippen LogP contribution is -2.13. The molecule has 0 saturated heterocycles. The van der Waals surface area contributed by atoms with Gasteiger partial charge in [-0.1, -0.05) is 30.3 Å². The lowest BCUT2D eigenvalue weighted by molar-refractivity contribution is 0.660. The van der Waals surface area contributed by atoms with Crippen LogP contribution in [0.1, 0.15) is 29.0 Å². The molecule has 0 spiro atoms. The highest BCUT2D eigenvalue weighted by atomic mass is 15.0. The van der Waals surface area contributed by atoms with Gasteiger partial charge in [-0.15, -0.1) is 0 Å². The van der Waals surface area contributed by atoms with Gasteiger partial charge in [-0.25, -0.2) is 4.98 Å². The van der Waals surface area contributed by atoms with Crippen LogP contribution in [0.25, 0.3) is 0 Å². The van der Waals surface area contributed by atoms with Crippen LogP contribution in [-0.2, 0) is 6.42 Å². The van der Waals surface area contributed by atoms with E-state index in [1.807, 2.05) is 13.2 Å². The summed E-state index contributed by atoms with van der Waals surface area (Å²) in [4.78, 5) is 4.58. The Kier molecular flexibility index (Phi) is 3.97. The van der Waals surface area contributed by atoms with E-state index in [-0.39, 0.29) is 0 Å². The Bertz CT molecular complexity index is 566. The van der Waals surface area contributed by atoms with Gasteiger partial charge in [-0.2, -0.15) is 0 Å². The van der Waals surface area contributed by atoms with E-state index in [1.165, 1.54) is 16.7 Å². The zero-order valence-corrected chi connectivity index (χ0v) is 11.9. The first-order valence-electron chi connectivity index (χ1n) is 7.30. The number of anilines is 1. The molecule has 104 valence electrons. The molecule has 20 heavy (non-hydrogen) atoms. The van der Waals surface area contributed by atoms with E-state index < -0.39 is 0 Å². The monoisotopic (exact) mass is 267 g/mol. The molecule has 1 aromatic heterocycles. The molecule has 2 heterocycles. The third-order valence-corrected chi connectivity index (χ3v) is 3.96. The average molecular weight is 267 g/mol. The Labute approximate surface area is 120 Å². The summed E-state index contributed by atoms with van der Waals surface area (Å²) in [5.74, 6) is 1.48. The number of rotatable bonds is 5. The molecule has 0 fully saturated rings. The zero-order chi connectivity index (χ0) is 13.8. The quantitative estimate of drug-likeness (QED) is 0.874. The minimum absolute atomic E-state index is 0.419. The van der Waals surface area contributed by atoms with E-state index >= 15 is 0 Å². The minimum atomic E-state index is 0.419. The van der Waals surface area contributed by atoms with Crippen molar-refractivity contribution in [3.63, 3.8) is 0 Å². The van der Waals surface area contributed by atoms with Crippen molar-refractivity contribution in [2.24, 2.45) is 0 Å². The fourth-order valence-corrected chi connectivity index (χ4v) is 2.88. The van der Waals surface area contributed by atoms with Gasteiger partial charge in [-0.05, 0) is 49.2 Å². The number of hydrogen-bond acceptors (Lipinski definition) is 3. The molecule has 0 aliphatic carbocycles. The number of benzene rings is 1. The number of fused-ring (bicyclic) bond motifs is 1. The van der Waals surface area contributed by atoms with Gasteiger partial charge in [0.25, 0.3) is 0 Å². The Morgan fingerprint density at radius 3 is 2.90 bits per heavy atom. The van der Waals surface area contributed by atoms with E-state index in [4.69, 9.17) is 0 Å². The van der Waals surface area contributed by atoms with E-state index in [1.54, 1.807) is 0 Å². The molecular formula is C17H21N3. The lowest BCUT2D eigenvalue weighted by Gasteiger charge is -2.18. The van der Waals surface area contributed by atoms with Gasteiger partial charge >= 0.3 is 0 Å². The normalized spacial score (nSPS) is 14.7. The average Bonchev–Trinajstić information content (AvgIpc) is 2.96. The molecule has 0 bridgehead atoms. The predicted octanol–water partition coefficient (Wildman–Crippen LogP) is 2.79. The fraction of sp³-hybridized carbons (Fsp3) is 0.353. The Morgan fingerprint density at radius 2 is 2.10 bits per heavy atom. The van der Waals surface area contributed by atoms with Crippen LogP contribution in [0.15, 0.2) is 42.6 Å². The van der Waals surface area contributed by atoms with Crippen LogP contribution in [0.2, 0.25) is 0 Å². The molecule has 0 amide bonds. The van der Waals surface area contributed by atoms with Gasteiger partial charge in [0.2, 0.25) is 0 Å². The first kappa shape index (κ1) is 13.1. The van der Waals surface area contributed by atoms with Crippen molar-refractivity contribution in [1.82, 2.24) is 10.3 Å². The maximum atomic E-state index is 4.58. The molecule has 1 atom stereocenters. The minimum Gasteiger partial charge on any atom is -0.370 e. The van der Waals surface area contributed by atoms with Crippen LogP contribution in [-0.4, -0.2) is 25.1 Å². The highest BCUT2D eigenvalue weighted by Crippen LogP contribution is 2.30. The molecule has 0 saturated carbocycles. The molecule has 1 aromatic carbocycles. The van der Waals surface area contributed by atoms with Gasteiger partial charge in [0, 0.05) is 18.7 Å². The summed E-state index contributed by atoms with van der Waals surface area (Å²) in [5.41, 5.74) is 4.05. The zero-order valence-electron chi connectivity index (χ0n) is 11.9. The van der Waals surface area contributed by atoms with Crippen molar-refractivity contribution in [3.05, 3.63) is 59.3 Å². The van der Waals surface area contributed by atoms with Crippen LogP contribution in [0.3, 0.4) is 0 Å². The third-order valence-electron chi connectivity index (χ3n) is 3.96. The molecule has 3 rings (SSSR count). The first-order chi connectivity index (χ1) is 9.88. The number of hydrogen-bond donors (Lipinski definition) is 2. The van der Waals surface area contributed by atoms with E-state index in [0.717, 1.165) is 31.7 Å². The van der Waals surface area contributed by atoms with E-state index in [0.29, 0.717) is 5.92 Å². The SMILES string of the molecule is CNCC[C@H](c1ccccc1)c1cnc2c(c1)CCN2. The molecule has 1 aliphatic heterocycles. The summed E-state index contributed by atoms with van der Waals surface area (Å²) in [6.45, 7) is 2.02. The summed E-state index contributed by atoms with van der Waals surface area (Å²) >= 11 is 0. The van der Waals surface area contributed by atoms with Gasteiger partial charge in [0.05, 0.1) is 0 Å². The maximum Gasteiger partial charge on any atom is 0.129 e. The Hall–Kier alpha value is -1.87. The highest BCUT2D eigenvalue weighted by molar-refractivity contribution is 5.51. The van der Waals surface area contributed by atoms with Crippen molar-refractivity contribution in [2.75, 3.05) is 25.5 Å². The van der Waals surface area contributed by atoms with Gasteiger partial charge in [0.15, 0.2) is 0 Å². The summed E-state index contributed by atoms with van der Waals surface area (Å²) < 4.78 is 0. The summed E-state index contributed by atoms with van der Waals surface area (Å²) in [6.07, 6.45) is 4.21. The first-order valence-corrected chi connectivity index (χ1v) is 7.30. The van der Waals surface area contributed by atoms with Crippen LogP contribution >= 0.6 is 0 Å². The second kappa shape index (κ2) is 6.06. The third kappa shape index (κ3) is 2.68. The molecule has 3 nitrogen and oxygen atoms in total. The summed E-state index contributed by atoms with van der Waals surface area (Å²) in [5, 5.41) is 6.58. The van der Waals surface area contributed by atoms with E-state index in [9.17, 15) is 0 Å². The molecule has 2 N–H and O–H groups in total. The molecule has 3 heteroatoms. The summed E-state index contributed by atoms with van der Waals surface area (Å²) in [7, 11) is 2.01. The molecule has 2 aromatic rings. The second-order valence-corrected chi connectivity index (χ2v) is 5.31. The number of aromatic nitrogens is 1. The molecule has 0 radical (unpaired) electrons. The number of pyridine rings is 1. The number of nitrogens with zero attached hydrogens (tertiary/aromatic N) is 1. The van der Waals surface area contributed by atoms with Crippen molar-refractivity contribution in [1.29, 1.82) is 0 Å². The number of nitrogens with one attached hydrogen (secondary N) is 2. The van der Waals surface area contributed by atoms with Crippen molar-refractivity contribution in [2.45, 2.75) is 18.8 Å². The standard InChI is InChI=1S/C17H21N3/c1-18-9-8-16(13-5-3-2-4-6-13)15-11-14-7-10-19-17(14)20-12-15/h2-6,11-12,16,18H,7-10H2,1H3,(H,19,20)/t16-/m1/s1. The molecule has 1 aliphatic rings. The van der Waals surface area contributed by atoms with Crippen molar-refractivity contribution in [3.8, 4) is 0 Å². The van der Waals surface area contributed by atoms with Crippen LogP contribution in [0.5, 0.6) is 0 Å². The van der Waals surface area contributed by atoms with Crippen LogP contribution in [0.4, 0.5) is 5.82 Å². The fourth-order valence-electron chi connectivity index (χ4n) is 2.88. The lowest BCUT2D eigenvalue weighted by atomic mass is 9.88. The predicted molar refractivity (Wildman–Crippen MR) is 83.3 cm³/mol. The summed E-state index contributed by atoms with van der Waals surface area (Å²) in [6, 6.07) is 13.1. The van der Waals surface area contributed by atoms with Gasteiger partial charge < -0.3 is 10.6 Å². The largest absolute Gasteiger partial charge is 0.370 e. The Balaban J connectivity index is 1.92. The van der Waals surface area contributed by atoms with Gasteiger partial charge in [0.1, 0.15) is 5.82 Å².